The number of pyridine rings is 1. The van der Waals surface area contributed by atoms with Crippen LogP contribution in [-0.4, -0.2) is 27.1 Å². The maximum atomic E-state index is 11.5. The highest BCUT2D eigenvalue weighted by Crippen LogP contribution is 2.10. The van der Waals surface area contributed by atoms with Crippen molar-refractivity contribution in [2.24, 2.45) is 0 Å². The lowest BCUT2D eigenvalue weighted by Crippen LogP contribution is -2.07. The van der Waals surface area contributed by atoms with Gasteiger partial charge in [0.1, 0.15) is 5.65 Å². The van der Waals surface area contributed by atoms with E-state index in [0.717, 1.165) is 5.56 Å². The Kier molecular flexibility index (Phi) is 2.87. The number of aliphatic hydroxyl groups is 1. The SMILES string of the molecule is CCOC(=O)c1cnc2cc(CO)ccn12. The predicted molar refractivity (Wildman–Crippen MR) is 57.1 cm³/mol. The van der Waals surface area contributed by atoms with Crippen LogP contribution in [0.4, 0.5) is 0 Å². The minimum absolute atomic E-state index is 0.0436. The third-order valence-corrected chi connectivity index (χ3v) is 2.24. The average molecular weight is 220 g/mol. The van der Waals surface area contributed by atoms with E-state index in [1.807, 2.05) is 0 Å². The summed E-state index contributed by atoms with van der Waals surface area (Å²) < 4.78 is 6.54. The van der Waals surface area contributed by atoms with E-state index in [9.17, 15) is 4.79 Å². The second-order valence-electron chi connectivity index (χ2n) is 3.29. The van der Waals surface area contributed by atoms with Crippen LogP contribution in [-0.2, 0) is 11.3 Å². The summed E-state index contributed by atoms with van der Waals surface area (Å²) in [5, 5.41) is 8.97. The standard InChI is InChI=1S/C11H12N2O3/c1-2-16-11(15)9-6-12-10-5-8(7-14)3-4-13(9)10/h3-6,14H,2,7H2,1H3. The number of hydrogen-bond donors (Lipinski definition) is 1. The summed E-state index contributed by atoms with van der Waals surface area (Å²) in [7, 11) is 0. The first kappa shape index (κ1) is 10.6. The van der Waals surface area contributed by atoms with E-state index in [2.05, 4.69) is 4.98 Å². The van der Waals surface area contributed by atoms with Crippen LogP contribution in [0.15, 0.2) is 24.5 Å². The molecule has 0 fully saturated rings. The second kappa shape index (κ2) is 4.32. The fourth-order valence-corrected chi connectivity index (χ4v) is 1.48. The number of esters is 1. The lowest BCUT2D eigenvalue weighted by molar-refractivity contribution is 0.0518. The number of fused-ring (bicyclic) bond motifs is 1. The number of rotatable bonds is 3. The molecule has 1 N–H and O–H groups in total. The molecule has 0 aliphatic heterocycles. The summed E-state index contributed by atoms with van der Waals surface area (Å²) in [6, 6.07) is 3.46. The van der Waals surface area contributed by atoms with Crippen LogP contribution in [0.3, 0.4) is 0 Å². The number of ether oxygens (including phenoxy) is 1. The van der Waals surface area contributed by atoms with Gasteiger partial charge in [0.05, 0.1) is 19.4 Å². The van der Waals surface area contributed by atoms with E-state index in [1.54, 1.807) is 29.7 Å². The van der Waals surface area contributed by atoms with Crippen LogP contribution < -0.4 is 0 Å². The molecule has 2 rings (SSSR count). The molecule has 0 radical (unpaired) electrons. The lowest BCUT2D eigenvalue weighted by Gasteiger charge is -2.02. The van der Waals surface area contributed by atoms with Gasteiger partial charge >= 0.3 is 5.97 Å². The number of hydrogen-bond acceptors (Lipinski definition) is 4. The van der Waals surface area contributed by atoms with Gasteiger partial charge in [-0.15, -0.1) is 0 Å². The zero-order chi connectivity index (χ0) is 11.5. The highest BCUT2D eigenvalue weighted by molar-refractivity contribution is 5.88. The molecule has 0 aromatic carbocycles. The van der Waals surface area contributed by atoms with Gasteiger partial charge in [-0.3, -0.25) is 4.40 Å². The number of imidazole rings is 1. The summed E-state index contributed by atoms with van der Waals surface area (Å²) in [4.78, 5) is 15.6. The molecular formula is C11H12N2O3. The van der Waals surface area contributed by atoms with Crippen LogP contribution in [0.25, 0.3) is 5.65 Å². The van der Waals surface area contributed by atoms with Crippen LogP contribution in [0, 0.1) is 0 Å². The third-order valence-electron chi connectivity index (χ3n) is 2.24. The van der Waals surface area contributed by atoms with Crippen molar-refractivity contribution in [2.75, 3.05) is 6.61 Å². The third kappa shape index (κ3) is 1.77. The number of aliphatic hydroxyl groups excluding tert-OH is 1. The van der Waals surface area contributed by atoms with Gasteiger partial charge < -0.3 is 9.84 Å². The van der Waals surface area contributed by atoms with E-state index >= 15 is 0 Å². The summed E-state index contributed by atoms with van der Waals surface area (Å²) in [6.45, 7) is 2.05. The van der Waals surface area contributed by atoms with Crippen molar-refractivity contribution >= 4 is 11.6 Å². The van der Waals surface area contributed by atoms with Gasteiger partial charge in [0.2, 0.25) is 0 Å². The Labute approximate surface area is 92.3 Å². The minimum Gasteiger partial charge on any atom is -0.461 e. The molecule has 5 nitrogen and oxygen atoms in total. The number of aromatic nitrogens is 2. The van der Waals surface area contributed by atoms with E-state index < -0.39 is 5.97 Å². The normalized spacial score (nSPS) is 10.6. The molecule has 0 aliphatic carbocycles. The summed E-state index contributed by atoms with van der Waals surface area (Å²) >= 11 is 0. The van der Waals surface area contributed by atoms with E-state index in [1.165, 1.54) is 6.20 Å². The second-order valence-corrected chi connectivity index (χ2v) is 3.29. The molecule has 0 aliphatic rings. The number of carbonyl (C=O) groups is 1. The van der Waals surface area contributed by atoms with E-state index in [4.69, 9.17) is 9.84 Å². The summed E-state index contributed by atoms with van der Waals surface area (Å²) in [6.07, 6.45) is 3.16. The van der Waals surface area contributed by atoms with Crippen molar-refractivity contribution in [2.45, 2.75) is 13.5 Å². The Morgan fingerprint density at radius 1 is 1.62 bits per heavy atom. The topological polar surface area (TPSA) is 63.8 Å². The fraction of sp³-hybridized carbons (Fsp3) is 0.273. The van der Waals surface area contributed by atoms with E-state index in [0.29, 0.717) is 17.9 Å². The monoisotopic (exact) mass is 220 g/mol. The Bertz CT molecular complexity index is 519. The van der Waals surface area contributed by atoms with Gasteiger partial charge in [-0.25, -0.2) is 9.78 Å². The van der Waals surface area contributed by atoms with Crippen LogP contribution >= 0.6 is 0 Å². The van der Waals surface area contributed by atoms with E-state index in [-0.39, 0.29) is 6.61 Å². The Morgan fingerprint density at radius 2 is 2.44 bits per heavy atom. The Morgan fingerprint density at radius 3 is 3.12 bits per heavy atom. The molecule has 2 heterocycles. The van der Waals surface area contributed by atoms with Crippen molar-refractivity contribution in [3.63, 3.8) is 0 Å². The first-order valence-electron chi connectivity index (χ1n) is 5.00. The highest BCUT2D eigenvalue weighted by Gasteiger charge is 2.12. The van der Waals surface area contributed by atoms with Gasteiger partial charge in [-0.2, -0.15) is 0 Å². The molecule has 2 aromatic rings. The maximum Gasteiger partial charge on any atom is 0.356 e. The predicted octanol–water partition coefficient (Wildman–Crippen LogP) is 1.00. The van der Waals surface area contributed by atoms with Crippen LogP contribution in [0.5, 0.6) is 0 Å². The average Bonchev–Trinajstić information content (AvgIpc) is 2.71. The maximum absolute atomic E-state index is 11.5. The first-order valence-corrected chi connectivity index (χ1v) is 5.00. The van der Waals surface area contributed by atoms with Gasteiger partial charge in [-0.05, 0) is 24.6 Å². The van der Waals surface area contributed by atoms with Gasteiger partial charge in [0.15, 0.2) is 5.69 Å². The molecule has 0 atom stereocenters. The van der Waals surface area contributed by atoms with Gasteiger partial charge in [0.25, 0.3) is 0 Å². The molecule has 0 amide bonds. The first-order chi connectivity index (χ1) is 7.76. The zero-order valence-corrected chi connectivity index (χ0v) is 8.88. The molecule has 0 saturated carbocycles. The summed E-state index contributed by atoms with van der Waals surface area (Å²) in [5.41, 5.74) is 1.77. The smallest absolute Gasteiger partial charge is 0.356 e. The molecule has 0 bridgehead atoms. The van der Waals surface area contributed by atoms with Crippen molar-refractivity contribution in [3.05, 3.63) is 35.8 Å². The number of carbonyl (C=O) groups excluding carboxylic acids is 1. The van der Waals surface area contributed by atoms with Crippen molar-refractivity contribution < 1.29 is 14.6 Å². The molecule has 5 heteroatoms. The molecule has 2 aromatic heterocycles. The van der Waals surface area contributed by atoms with Crippen molar-refractivity contribution in [1.29, 1.82) is 0 Å². The molecule has 0 unspecified atom stereocenters. The molecule has 0 spiro atoms. The lowest BCUT2D eigenvalue weighted by atomic mass is 10.3. The van der Waals surface area contributed by atoms with Crippen molar-refractivity contribution in [3.8, 4) is 0 Å². The zero-order valence-electron chi connectivity index (χ0n) is 8.88. The van der Waals surface area contributed by atoms with Gasteiger partial charge in [0, 0.05) is 6.20 Å². The van der Waals surface area contributed by atoms with Crippen LogP contribution in [0.2, 0.25) is 0 Å². The molecule has 0 saturated heterocycles. The number of nitrogens with zero attached hydrogens (tertiary/aromatic N) is 2. The minimum atomic E-state index is -0.397. The molecular weight excluding hydrogens is 208 g/mol. The Hall–Kier alpha value is -1.88. The van der Waals surface area contributed by atoms with Crippen molar-refractivity contribution in [1.82, 2.24) is 9.38 Å². The largest absolute Gasteiger partial charge is 0.461 e. The van der Waals surface area contributed by atoms with Gasteiger partial charge in [-0.1, -0.05) is 0 Å². The fourth-order valence-electron chi connectivity index (χ4n) is 1.48. The summed E-state index contributed by atoms with van der Waals surface area (Å²) in [5.74, 6) is -0.397. The molecule has 16 heavy (non-hydrogen) atoms. The van der Waals surface area contributed by atoms with Crippen LogP contribution in [0.1, 0.15) is 23.0 Å². The Balaban J connectivity index is 2.45. The quantitative estimate of drug-likeness (QED) is 0.784. The highest BCUT2D eigenvalue weighted by atomic mass is 16.5. The molecule has 84 valence electrons.